The van der Waals surface area contributed by atoms with Crippen molar-refractivity contribution in [1.29, 1.82) is 0 Å². The fourth-order valence-corrected chi connectivity index (χ4v) is 2.51. The van der Waals surface area contributed by atoms with Gasteiger partial charge in [-0.1, -0.05) is 0 Å². The molecule has 0 spiro atoms. The van der Waals surface area contributed by atoms with Crippen molar-refractivity contribution in [3.63, 3.8) is 0 Å². The summed E-state index contributed by atoms with van der Waals surface area (Å²) in [5.41, 5.74) is 2.56. The standard InChI is InChI=1S/C14H19NO2/c1-2-14-12(5-8-17-14)9-13(1)15-10-11-3-6-16-7-4-11/h1-2,9,11,15H,3-8,10H2. The van der Waals surface area contributed by atoms with Crippen LogP contribution in [0.25, 0.3) is 0 Å². The molecule has 1 saturated heterocycles. The van der Waals surface area contributed by atoms with Gasteiger partial charge in [-0.05, 0) is 42.5 Å². The van der Waals surface area contributed by atoms with E-state index in [1.165, 1.54) is 24.1 Å². The molecule has 3 heteroatoms. The van der Waals surface area contributed by atoms with Gasteiger partial charge < -0.3 is 14.8 Å². The van der Waals surface area contributed by atoms with Crippen molar-refractivity contribution in [2.24, 2.45) is 5.92 Å². The number of hydrogen-bond acceptors (Lipinski definition) is 3. The zero-order valence-electron chi connectivity index (χ0n) is 10.1. The second-order valence-corrected chi connectivity index (χ2v) is 4.86. The molecule has 0 aliphatic carbocycles. The van der Waals surface area contributed by atoms with Gasteiger partial charge in [-0.25, -0.2) is 0 Å². The lowest BCUT2D eigenvalue weighted by molar-refractivity contribution is 0.0699. The highest BCUT2D eigenvalue weighted by Crippen LogP contribution is 2.28. The van der Waals surface area contributed by atoms with Crippen LogP contribution in [0.2, 0.25) is 0 Å². The molecule has 0 atom stereocenters. The van der Waals surface area contributed by atoms with Gasteiger partial charge in [-0.3, -0.25) is 0 Å². The molecule has 2 aliphatic rings. The maximum Gasteiger partial charge on any atom is 0.122 e. The number of rotatable bonds is 3. The molecular formula is C14H19NO2. The van der Waals surface area contributed by atoms with Crippen LogP contribution in [0.4, 0.5) is 5.69 Å². The van der Waals surface area contributed by atoms with E-state index in [4.69, 9.17) is 9.47 Å². The van der Waals surface area contributed by atoms with Crippen LogP contribution in [-0.4, -0.2) is 26.4 Å². The highest BCUT2D eigenvalue weighted by Gasteiger charge is 2.15. The maximum absolute atomic E-state index is 5.50. The third-order valence-corrected chi connectivity index (χ3v) is 3.63. The summed E-state index contributed by atoms with van der Waals surface area (Å²) in [5, 5.41) is 3.53. The van der Waals surface area contributed by atoms with Crippen molar-refractivity contribution in [3.8, 4) is 5.75 Å². The third kappa shape index (κ3) is 2.55. The number of hydrogen-bond donors (Lipinski definition) is 1. The Bertz CT molecular complexity index is 386. The largest absolute Gasteiger partial charge is 0.493 e. The summed E-state index contributed by atoms with van der Waals surface area (Å²) in [7, 11) is 0. The lowest BCUT2D eigenvalue weighted by Gasteiger charge is -2.22. The lowest BCUT2D eigenvalue weighted by Crippen LogP contribution is -2.22. The van der Waals surface area contributed by atoms with Crippen LogP contribution in [-0.2, 0) is 11.2 Å². The SMILES string of the molecule is c1cc2c(cc1NCC1CCOCC1)CCO2. The van der Waals surface area contributed by atoms with Gasteiger partial charge in [0, 0.05) is 31.9 Å². The number of fused-ring (bicyclic) bond motifs is 1. The first-order valence-electron chi connectivity index (χ1n) is 6.49. The summed E-state index contributed by atoms with van der Waals surface area (Å²) in [4.78, 5) is 0. The van der Waals surface area contributed by atoms with Gasteiger partial charge in [0.25, 0.3) is 0 Å². The maximum atomic E-state index is 5.50. The summed E-state index contributed by atoms with van der Waals surface area (Å²) >= 11 is 0. The van der Waals surface area contributed by atoms with Gasteiger partial charge in [0.1, 0.15) is 5.75 Å². The Kier molecular flexibility index (Phi) is 3.18. The quantitative estimate of drug-likeness (QED) is 0.870. The van der Waals surface area contributed by atoms with Gasteiger partial charge in [0.15, 0.2) is 0 Å². The first-order valence-corrected chi connectivity index (χ1v) is 6.49. The van der Waals surface area contributed by atoms with Crippen molar-refractivity contribution < 1.29 is 9.47 Å². The molecule has 92 valence electrons. The molecule has 2 heterocycles. The van der Waals surface area contributed by atoms with Crippen LogP contribution >= 0.6 is 0 Å². The molecule has 1 N–H and O–H groups in total. The summed E-state index contributed by atoms with van der Waals surface area (Å²) in [5.74, 6) is 1.81. The van der Waals surface area contributed by atoms with E-state index in [2.05, 4.69) is 23.5 Å². The van der Waals surface area contributed by atoms with Crippen LogP contribution in [0.5, 0.6) is 5.75 Å². The van der Waals surface area contributed by atoms with Crippen LogP contribution in [0.1, 0.15) is 18.4 Å². The van der Waals surface area contributed by atoms with Crippen molar-refractivity contribution in [3.05, 3.63) is 23.8 Å². The van der Waals surface area contributed by atoms with E-state index < -0.39 is 0 Å². The number of benzene rings is 1. The summed E-state index contributed by atoms with van der Waals surface area (Å²) in [6.45, 7) is 3.73. The fraction of sp³-hybridized carbons (Fsp3) is 0.571. The average Bonchev–Trinajstić information content (AvgIpc) is 2.85. The molecule has 1 aromatic carbocycles. The highest BCUT2D eigenvalue weighted by atomic mass is 16.5. The Hall–Kier alpha value is -1.22. The monoisotopic (exact) mass is 233 g/mol. The fourth-order valence-electron chi connectivity index (χ4n) is 2.51. The van der Waals surface area contributed by atoms with E-state index in [1.54, 1.807) is 0 Å². The first-order chi connectivity index (χ1) is 8.42. The molecule has 0 saturated carbocycles. The van der Waals surface area contributed by atoms with E-state index >= 15 is 0 Å². The van der Waals surface area contributed by atoms with Gasteiger partial charge >= 0.3 is 0 Å². The minimum atomic E-state index is 0.758. The van der Waals surface area contributed by atoms with E-state index in [-0.39, 0.29) is 0 Å². The Morgan fingerprint density at radius 2 is 2.06 bits per heavy atom. The van der Waals surface area contributed by atoms with Gasteiger partial charge in [-0.2, -0.15) is 0 Å². The average molecular weight is 233 g/mol. The lowest BCUT2D eigenvalue weighted by atomic mass is 10.0. The molecule has 2 aliphatic heterocycles. The van der Waals surface area contributed by atoms with Crippen molar-refractivity contribution >= 4 is 5.69 Å². The number of nitrogens with one attached hydrogen (secondary N) is 1. The van der Waals surface area contributed by atoms with Gasteiger partial charge in [0.05, 0.1) is 6.61 Å². The minimum Gasteiger partial charge on any atom is -0.493 e. The second kappa shape index (κ2) is 4.96. The van der Waals surface area contributed by atoms with E-state index in [1.807, 2.05) is 0 Å². The predicted molar refractivity (Wildman–Crippen MR) is 67.7 cm³/mol. The van der Waals surface area contributed by atoms with Crippen LogP contribution in [0.3, 0.4) is 0 Å². The van der Waals surface area contributed by atoms with Crippen molar-refractivity contribution in [2.75, 3.05) is 31.7 Å². The molecule has 0 bridgehead atoms. The molecule has 0 amide bonds. The predicted octanol–water partition coefficient (Wildman–Crippen LogP) is 2.46. The molecule has 0 unspecified atom stereocenters. The van der Waals surface area contributed by atoms with Crippen LogP contribution < -0.4 is 10.1 Å². The minimum absolute atomic E-state index is 0.758. The first kappa shape index (κ1) is 10.9. The Morgan fingerprint density at radius 1 is 1.18 bits per heavy atom. The molecule has 0 aromatic heterocycles. The molecule has 3 rings (SSSR count). The zero-order valence-corrected chi connectivity index (χ0v) is 10.1. The smallest absolute Gasteiger partial charge is 0.122 e. The van der Waals surface area contributed by atoms with E-state index in [0.717, 1.165) is 44.5 Å². The normalized spacial score (nSPS) is 19.8. The molecule has 0 radical (unpaired) electrons. The molecule has 1 fully saturated rings. The zero-order chi connectivity index (χ0) is 11.5. The molecule has 1 aromatic rings. The third-order valence-electron chi connectivity index (χ3n) is 3.63. The van der Waals surface area contributed by atoms with E-state index in [0.29, 0.717) is 0 Å². The number of ether oxygens (including phenoxy) is 2. The second-order valence-electron chi connectivity index (χ2n) is 4.86. The van der Waals surface area contributed by atoms with Gasteiger partial charge in [0.2, 0.25) is 0 Å². The van der Waals surface area contributed by atoms with Crippen molar-refractivity contribution in [2.45, 2.75) is 19.3 Å². The number of anilines is 1. The van der Waals surface area contributed by atoms with Gasteiger partial charge in [-0.15, -0.1) is 0 Å². The molecule has 17 heavy (non-hydrogen) atoms. The summed E-state index contributed by atoms with van der Waals surface area (Å²) in [6, 6.07) is 6.42. The Labute approximate surface area is 102 Å². The Balaban J connectivity index is 1.57. The molecular weight excluding hydrogens is 214 g/mol. The molecule has 3 nitrogen and oxygen atoms in total. The Morgan fingerprint density at radius 3 is 2.94 bits per heavy atom. The van der Waals surface area contributed by atoms with Crippen LogP contribution in [0.15, 0.2) is 18.2 Å². The summed E-state index contributed by atoms with van der Waals surface area (Å²) in [6.07, 6.45) is 3.41. The topological polar surface area (TPSA) is 30.5 Å². The van der Waals surface area contributed by atoms with Crippen molar-refractivity contribution in [1.82, 2.24) is 0 Å². The highest BCUT2D eigenvalue weighted by molar-refractivity contribution is 5.52. The van der Waals surface area contributed by atoms with E-state index in [9.17, 15) is 0 Å². The summed E-state index contributed by atoms with van der Waals surface area (Å²) < 4.78 is 10.9. The van der Waals surface area contributed by atoms with Crippen LogP contribution in [0, 0.1) is 5.92 Å².